The molecule has 4 fully saturated rings. The highest BCUT2D eigenvalue weighted by molar-refractivity contribution is 6.07. The zero-order valence-electron chi connectivity index (χ0n) is 48.7. The van der Waals surface area contributed by atoms with Gasteiger partial charge >= 0.3 is 11.9 Å². The maximum absolute atomic E-state index is 15.3. The van der Waals surface area contributed by atoms with Crippen LogP contribution in [-0.2, 0) is 45.0 Å². The standard InChI is InChI=1S/C70H87N5O7/c1-42(2)38-73-41-48-30-45-20-26-72-40-47-11-8-12-49(32-47)54-14-13-53(78)36-58(54)62-55-18-25-70(60(82-68(80)65(62)70)34-46(22-28-76)29-44-9-6-5-7-10-44)64-56(55)15-16-57-59(81-67(79)63(57)64)19-24-69(52-21-27-74-61(35-52)71-4)23-17-50(37-69)66(51(31-45)33-48)75-39-43(3)77/h5-14,19,30-34,36,42-43,46,50,52,55-56,61,64,66,71-78H,15-18,20-29,35,37-41H2,1-4H3/b59-19+,60-34-/t43-,46+,50-,52+,55+,56-,61-,64+,66-,69-,70+/m0/s1. The van der Waals surface area contributed by atoms with Crippen molar-refractivity contribution >= 4 is 17.5 Å². The van der Waals surface area contributed by atoms with Gasteiger partial charge in [-0.2, -0.15) is 0 Å². The number of cyclic esters (lactones) is 1. The predicted molar refractivity (Wildman–Crippen MR) is 321 cm³/mol. The molecule has 2 saturated heterocycles. The Labute approximate surface area is 485 Å². The molecule has 0 radical (unpaired) electrons. The van der Waals surface area contributed by atoms with Crippen LogP contribution in [0.1, 0.15) is 131 Å². The van der Waals surface area contributed by atoms with E-state index in [9.17, 15) is 15.3 Å². The Hall–Kier alpha value is -5.70. The molecule has 12 heteroatoms. The summed E-state index contributed by atoms with van der Waals surface area (Å²) in [5, 5.41) is 51.8. The van der Waals surface area contributed by atoms with E-state index in [0.29, 0.717) is 79.2 Å². The minimum atomic E-state index is -0.973. The summed E-state index contributed by atoms with van der Waals surface area (Å²) in [4.78, 5) is 30.6. The number of ether oxygens (including phenoxy) is 2. The number of phenols is 1. The molecule has 5 aliphatic carbocycles. The number of esters is 2. The molecule has 82 heavy (non-hydrogen) atoms. The van der Waals surface area contributed by atoms with E-state index in [4.69, 9.17) is 9.47 Å². The van der Waals surface area contributed by atoms with E-state index in [-0.39, 0.29) is 59.6 Å². The predicted octanol–water partition coefficient (Wildman–Crippen LogP) is 10.5. The van der Waals surface area contributed by atoms with E-state index < -0.39 is 17.5 Å². The van der Waals surface area contributed by atoms with Crippen molar-refractivity contribution in [3.05, 3.63) is 165 Å². The number of benzene rings is 4. The number of carbonyl (C=O) groups is 2. The Balaban J connectivity index is 1.02. The summed E-state index contributed by atoms with van der Waals surface area (Å²) >= 11 is 0. The Kier molecular flexibility index (Phi) is 16.7. The van der Waals surface area contributed by atoms with Gasteiger partial charge in [0, 0.05) is 49.3 Å². The molecular weight excluding hydrogens is 1020 g/mol. The second kappa shape index (κ2) is 24.1. The van der Waals surface area contributed by atoms with E-state index in [0.717, 1.165) is 123 Å². The molecule has 0 amide bonds. The van der Waals surface area contributed by atoms with Crippen LogP contribution in [0.3, 0.4) is 0 Å². The number of aromatic hydroxyl groups is 1. The van der Waals surface area contributed by atoms with Crippen LogP contribution in [0.2, 0.25) is 0 Å². The molecule has 10 aliphatic rings. The molecule has 5 aliphatic heterocycles. The Morgan fingerprint density at radius 3 is 2.51 bits per heavy atom. The minimum Gasteiger partial charge on any atom is -0.508 e. The molecule has 8 N–H and O–H groups in total. The van der Waals surface area contributed by atoms with E-state index in [1.165, 1.54) is 16.7 Å². The molecule has 11 atom stereocenters. The minimum absolute atomic E-state index is 0.00715. The maximum Gasteiger partial charge on any atom is 0.340 e. The number of aliphatic hydroxyl groups is 2. The van der Waals surface area contributed by atoms with E-state index >= 15 is 9.59 Å². The van der Waals surface area contributed by atoms with Gasteiger partial charge in [0.15, 0.2) is 0 Å². The monoisotopic (exact) mass is 1110 g/mol. The second-order valence-electron chi connectivity index (χ2n) is 26.1. The maximum atomic E-state index is 15.3. The molecule has 14 bridgehead atoms. The number of phenolic OH excluding ortho intramolecular Hbond substituents is 1. The molecule has 1 spiro atoms. The fourth-order valence-electron chi connectivity index (χ4n) is 16.8. The molecule has 0 aromatic heterocycles. The molecule has 0 unspecified atom stereocenters. The Morgan fingerprint density at radius 1 is 0.829 bits per heavy atom. The highest BCUT2D eigenvalue weighted by Crippen LogP contribution is 2.72. The summed E-state index contributed by atoms with van der Waals surface area (Å²) in [6, 6.07) is 31.7. The summed E-state index contributed by atoms with van der Waals surface area (Å²) in [7, 11) is 2.05. The first-order chi connectivity index (χ1) is 39.8. The lowest BCUT2D eigenvalue weighted by molar-refractivity contribution is -0.135. The van der Waals surface area contributed by atoms with Crippen LogP contribution in [0.15, 0.2) is 131 Å². The van der Waals surface area contributed by atoms with Crippen LogP contribution >= 0.6 is 0 Å². The molecule has 14 rings (SSSR count). The molecule has 5 heterocycles. The van der Waals surface area contributed by atoms with Gasteiger partial charge in [0.2, 0.25) is 0 Å². The number of fused-ring (bicyclic) bond motifs is 5. The van der Waals surface area contributed by atoms with Crippen LogP contribution in [0.25, 0.3) is 16.7 Å². The first kappa shape index (κ1) is 56.8. The first-order valence-corrected chi connectivity index (χ1v) is 31.1. The number of nitrogens with one attached hydrogen (secondary N) is 5. The SMILES string of the molecule is CN[C@@H]1C[C@H]([C@]23C/C=C4/OC(=O)C5=C4CC[C@H]4[C@H]6CC[C@]7(C(=C6c6cc(O)ccc6-c6cccc(c6)CNCCc6cc(CNCC(C)C)cc(c6)[C@@H](NC[C@H](C)O)[C@@H](CC2)C3)C(=O)O/C7=C\[C@H](CCO)Cc2ccccc2)[C@@H]54)CCN1. The average molecular weight is 1110 g/mol. The third kappa shape index (κ3) is 11.0. The van der Waals surface area contributed by atoms with Gasteiger partial charge < -0.3 is 51.4 Å². The number of piperidine rings is 1. The Bertz CT molecular complexity index is 3160. The third-order valence-corrected chi connectivity index (χ3v) is 20.4. The smallest absolute Gasteiger partial charge is 0.340 e. The number of rotatable bonds is 14. The van der Waals surface area contributed by atoms with Gasteiger partial charge in [-0.3, -0.25) is 0 Å². The lowest BCUT2D eigenvalue weighted by atomic mass is 9.44. The zero-order chi connectivity index (χ0) is 56.7. The topological polar surface area (TPSA) is 173 Å². The van der Waals surface area contributed by atoms with Gasteiger partial charge in [-0.05, 0) is 238 Å². The zero-order valence-corrected chi connectivity index (χ0v) is 48.7. The van der Waals surface area contributed by atoms with Crippen LogP contribution in [-0.4, -0.2) is 79.4 Å². The summed E-state index contributed by atoms with van der Waals surface area (Å²) in [6.45, 7) is 10.9. The quantitative estimate of drug-likeness (QED) is 0.0563. The van der Waals surface area contributed by atoms with Gasteiger partial charge in [-0.25, -0.2) is 9.59 Å². The van der Waals surface area contributed by atoms with Crippen LogP contribution in [0.5, 0.6) is 5.75 Å². The van der Waals surface area contributed by atoms with E-state index in [1.807, 2.05) is 37.3 Å². The number of hydrogen-bond acceptors (Lipinski definition) is 12. The summed E-state index contributed by atoms with van der Waals surface area (Å²) < 4.78 is 13.4. The highest BCUT2D eigenvalue weighted by Gasteiger charge is 2.69. The number of carbonyl (C=O) groups excluding carboxylic acids is 2. The van der Waals surface area contributed by atoms with Crippen molar-refractivity contribution in [1.29, 1.82) is 0 Å². The largest absolute Gasteiger partial charge is 0.508 e. The van der Waals surface area contributed by atoms with Gasteiger partial charge in [0.25, 0.3) is 0 Å². The lowest BCUT2D eigenvalue weighted by Crippen LogP contribution is -2.52. The van der Waals surface area contributed by atoms with Crippen molar-refractivity contribution < 1.29 is 34.4 Å². The normalized spacial score (nSPS) is 30.6. The first-order valence-electron chi connectivity index (χ1n) is 31.1. The van der Waals surface area contributed by atoms with Crippen LogP contribution in [0.4, 0.5) is 0 Å². The third-order valence-electron chi connectivity index (χ3n) is 20.4. The van der Waals surface area contributed by atoms with Crippen molar-refractivity contribution in [2.45, 2.75) is 136 Å². The molecular formula is C70H87N5O7. The van der Waals surface area contributed by atoms with Gasteiger partial charge in [-0.15, -0.1) is 0 Å². The fraction of sp³-hybridized carbons (Fsp3) is 0.514. The van der Waals surface area contributed by atoms with Crippen molar-refractivity contribution in [3.63, 3.8) is 0 Å². The number of aliphatic hydroxyl groups excluding tert-OH is 2. The fourth-order valence-corrected chi connectivity index (χ4v) is 16.8. The van der Waals surface area contributed by atoms with Gasteiger partial charge in [0.1, 0.15) is 17.3 Å². The van der Waals surface area contributed by atoms with Crippen LogP contribution in [0, 0.1) is 52.3 Å². The number of allylic oxidation sites excluding steroid dienone is 5. The second-order valence-corrected chi connectivity index (χ2v) is 26.1. The van der Waals surface area contributed by atoms with E-state index in [1.54, 1.807) is 6.07 Å². The van der Waals surface area contributed by atoms with Gasteiger partial charge in [-0.1, -0.05) is 86.6 Å². The summed E-state index contributed by atoms with van der Waals surface area (Å²) in [5.41, 5.74) is 11.0. The van der Waals surface area contributed by atoms with Crippen molar-refractivity contribution in [3.8, 4) is 16.9 Å². The molecule has 4 aromatic carbocycles. The van der Waals surface area contributed by atoms with Crippen molar-refractivity contribution in [2.75, 3.05) is 39.8 Å². The lowest BCUT2D eigenvalue weighted by Gasteiger charge is -2.56. The Morgan fingerprint density at radius 2 is 1.70 bits per heavy atom. The molecule has 4 aromatic rings. The summed E-state index contributed by atoms with van der Waals surface area (Å²) in [6.07, 6.45) is 14.9. The van der Waals surface area contributed by atoms with Crippen LogP contribution < -0.4 is 26.6 Å². The van der Waals surface area contributed by atoms with Gasteiger partial charge in [0.05, 0.1) is 23.3 Å². The summed E-state index contributed by atoms with van der Waals surface area (Å²) in [5.74, 6) is 1.34. The number of hydrogen-bond donors (Lipinski definition) is 8. The van der Waals surface area contributed by atoms with Crippen molar-refractivity contribution in [1.82, 2.24) is 26.6 Å². The van der Waals surface area contributed by atoms with Crippen molar-refractivity contribution in [2.24, 2.45) is 52.3 Å². The highest BCUT2D eigenvalue weighted by atomic mass is 16.6. The molecule has 12 nitrogen and oxygen atoms in total. The molecule has 434 valence electrons. The average Bonchev–Trinajstić information content (AvgIpc) is 2.70. The molecule has 2 saturated carbocycles. The van der Waals surface area contributed by atoms with E-state index in [2.05, 4.69) is 114 Å².